The Hall–Kier alpha value is -1.71. The molecule has 3 rings (SSSR count). The molecule has 0 bridgehead atoms. The maximum absolute atomic E-state index is 5.72. The predicted octanol–water partition coefficient (Wildman–Crippen LogP) is 3.89. The lowest BCUT2D eigenvalue weighted by Crippen LogP contribution is -2.00. The first-order valence-corrected chi connectivity index (χ1v) is 7.81. The highest BCUT2D eigenvalue weighted by Gasteiger charge is 2.02. The SMILES string of the molecule is NCc1ccc2ccn(CCSc3ccccc3)c2c1. The van der Waals surface area contributed by atoms with Crippen LogP contribution >= 0.6 is 11.8 Å². The van der Waals surface area contributed by atoms with Crippen LogP contribution in [0.3, 0.4) is 0 Å². The average molecular weight is 282 g/mol. The molecule has 0 amide bonds. The molecule has 1 aromatic heterocycles. The maximum Gasteiger partial charge on any atom is 0.0483 e. The molecule has 0 saturated carbocycles. The highest BCUT2D eigenvalue weighted by atomic mass is 32.2. The van der Waals surface area contributed by atoms with E-state index in [4.69, 9.17) is 5.73 Å². The van der Waals surface area contributed by atoms with Crippen LogP contribution in [0.4, 0.5) is 0 Å². The predicted molar refractivity (Wildman–Crippen MR) is 87.0 cm³/mol. The number of fused-ring (bicyclic) bond motifs is 1. The van der Waals surface area contributed by atoms with Crippen molar-refractivity contribution in [2.24, 2.45) is 5.73 Å². The average Bonchev–Trinajstić information content (AvgIpc) is 2.91. The molecule has 2 aromatic carbocycles. The molecule has 0 fully saturated rings. The summed E-state index contributed by atoms with van der Waals surface area (Å²) in [7, 11) is 0. The monoisotopic (exact) mass is 282 g/mol. The van der Waals surface area contributed by atoms with Gasteiger partial charge in [0.05, 0.1) is 0 Å². The molecule has 2 N–H and O–H groups in total. The number of benzene rings is 2. The van der Waals surface area contributed by atoms with Crippen molar-refractivity contribution in [1.82, 2.24) is 4.57 Å². The zero-order valence-electron chi connectivity index (χ0n) is 11.3. The molecule has 0 saturated heterocycles. The number of thioether (sulfide) groups is 1. The maximum atomic E-state index is 5.72. The molecule has 0 atom stereocenters. The largest absolute Gasteiger partial charge is 0.347 e. The Balaban J connectivity index is 1.71. The van der Waals surface area contributed by atoms with Crippen molar-refractivity contribution >= 4 is 22.7 Å². The second-order valence-corrected chi connectivity index (χ2v) is 5.94. The number of nitrogens with two attached hydrogens (primary N) is 1. The molecule has 0 unspecified atom stereocenters. The van der Waals surface area contributed by atoms with Crippen LogP contribution in [-0.4, -0.2) is 10.3 Å². The number of aromatic nitrogens is 1. The van der Waals surface area contributed by atoms with Gasteiger partial charge in [0.2, 0.25) is 0 Å². The zero-order valence-corrected chi connectivity index (χ0v) is 12.1. The second kappa shape index (κ2) is 6.16. The summed E-state index contributed by atoms with van der Waals surface area (Å²) in [6.07, 6.45) is 2.16. The van der Waals surface area contributed by atoms with E-state index in [9.17, 15) is 0 Å². The summed E-state index contributed by atoms with van der Waals surface area (Å²) in [5.41, 5.74) is 8.19. The van der Waals surface area contributed by atoms with Crippen LogP contribution < -0.4 is 5.73 Å². The van der Waals surface area contributed by atoms with Crippen molar-refractivity contribution in [1.29, 1.82) is 0 Å². The molecule has 102 valence electrons. The Kier molecular flexibility index (Phi) is 4.09. The molecule has 0 spiro atoms. The molecule has 20 heavy (non-hydrogen) atoms. The van der Waals surface area contributed by atoms with Crippen LogP contribution in [-0.2, 0) is 13.1 Å². The van der Waals surface area contributed by atoms with Gasteiger partial charge in [0.1, 0.15) is 0 Å². The molecular formula is C17H18N2S. The molecule has 0 aliphatic heterocycles. The molecule has 3 heteroatoms. The van der Waals surface area contributed by atoms with Crippen molar-refractivity contribution < 1.29 is 0 Å². The first-order chi connectivity index (χ1) is 9.86. The fourth-order valence-corrected chi connectivity index (χ4v) is 3.20. The summed E-state index contributed by atoms with van der Waals surface area (Å²) in [5, 5.41) is 1.28. The van der Waals surface area contributed by atoms with E-state index in [1.54, 1.807) is 0 Å². The fraction of sp³-hybridized carbons (Fsp3) is 0.176. The molecule has 3 aromatic rings. The minimum absolute atomic E-state index is 0.597. The van der Waals surface area contributed by atoms with Gasteiger partial charge < -0.3 is 10.3 Å². The summed E-state index contributed by atoms with van der Waals surface area (Å²) >= 11 is 1.89. The Morgan fingerprint density at radius 1 is 1.00 bits per heavy atom. The van der Waals surface area contributed by atoms with E-state index >= 15 is 0 Å². The third-order valence-corrected chi connectivity index (χ3v) is 4.41. The van der Waals surface area contributed by atoms with Gasteiger partial charge in [-0.1, -0.05) is 30.3 Å². The Labute approximate surface area is 123 Å². The highest BCUT2D eigenvalue weighted by molar-refractivity contribution is 7.99. The van der Waals surface area contributed by atoms with Gasteiger partial charge in [-0.05, 0) is 35.2 Å². The Morgan fingerprint density at radius 3 is 2.65 bits per heavy atom. The molecule has 1 heterocycles. The van der Waals surface area contributed by atoms with Crippen molar-refractivity contribution in [3.05, 3.63) is 66.4 Å². The number of nitrogens with zero attached hydrogens (tertiary/aromatic N) is 1. The van der Waals surface area contributed by atoms with E-state index in [1.165, 1.54) is 21.4 Å². The molecular weight excluding hydrogens is 264 g/mol. The summed E-state index contributed by atoms with van der Waals surface area (Å²) in [6.45, 7) is 1.61. The summed E-state index contributed by atoms with van der Waals surface area (Å²) in [4.78, 5) is 1.33. The van der Waals surface area contributed by atoms with Gasteiger partial charge in [-0.3, -0.25) is 0 Å². The van der Waals surface area contributed by atoms with Crippen LogP contribution in [0.25, 0.3) is 10.9 Å². The lowest BCUT2D eigenvalue weighted by molar-refractivity contribution is 0.806. The normalized spacial score (nSPS) is 11.1. The third kappa shape index (κ3) is 2.89. The fourth-order valence-electron chi connectivity index (χ4n) is 2.33. The highest BCUT2D eigenvalue weighted by Crippen LogP contribution is 2.21. The Morgan fingerprint density at radius 2 is 1.85 bits per heavy atom. The molecule has 0 aliphatic rings. The zero-order chi connectivity index (χ0) is 13.8. The van der Waals surface area contributed by atoms with Gasteiger partial charge in [-0.15, -0.1) is 11.8 Å². The third-order valence-electron chi connectivity index (χ3n) is 3.42. The van der Waals surface area contributed by atoms with Crippen LogP contribution in [0, 0.1) is 0 Å². The number of aryl methyl sites for hydroxylation is 1. The van der Waals surface area contributed by atoms with Crippen LogP contribution in [0.2, 0.25) is 0 Å². The smallest absolute Gasteiger partial charge is 0.0483 e. The minimum Gasteiger partial charge on any atom is -0.347 e. The van der Waals surface area contributed by atoms with Gasteiger partial charge in [-0.2, -0.15) is 0 Å². The van der Waals surface area contributed by atoms with Crippen LogP contribution in [0.5, 0.6) is 0 Å². The van der Waals surface area contributed by atoms with E-state index < -0.39 is 0 Å². The van der Waals surface area contributed by atoms with Crippen molar-refractivity contribution in [3.8, 4) is 0 Å². The van der Waals surface area contributed by atoms with Crippen LogP contribution in [0.1, 0.15) is 5.56 Å². The van der Waals surface area contributed by atoms with E-state index in [-0.39, 0.29) is 0 Å². The summed E-state index contributed by atoms with van der Waals surface area (Å²) in [6, 6.07) is 19.2. The second-order valence-electron chi connectivity index (χ2n) is 4.77. The van der Waals surface area contributed by atoms with E-state index in [0.29, 0.717) is 6.54 Å². The van der Waals surface area contributed by atoms with Crippen LogP contribution in [0.15, 0.2) is 65.7 Å². The van der Waals surface area contributed by atoms with Crippen molar-refractivity contribution in [2.45, 2.75) is 18.0 Å². The van der Waals surface area contributed by atoms with E-state index in [0.717, 1.165) is 12.3 Å². The topological polar surface area (TPSA) is 30.9 Å². The lowest BCUT2D eigenvalue weighted by atomic mass is 10.2. The standard InChI is InChI=1S/C17H18N2S/c18-13-14-6-7-15-8-9-19(17(15)12-14)10-11-20-16-4-2-1-3-5-16/h1-9,12H,10-11,13,18H2. The van der Waals surface area contributed by atoms with Gasteiger partial charge >= 0.3 is 0 Å². The number of rotatable bonds is 5. The summed E-state index contributed by atoms with van der Waals surface area (Å²) < 4.78 is 2.31. The van der Waals surface area contributed by atoms with Gasteiger partial charge in [0.25, 0.3) is 0 Å². The summed E-state index contributed by atoms with van der Waals surface area (Å²) in [5.74, 6) is 1.07. The first kappa shape index (κ1) is 13.3. The molecule has 0 radical (unpaired) electrons. The van der Waals surface area contributed by atoms with Crippen molar-refractivity contribution in [2.75, 3.05) is 5.75 Å². The van der Waals surface area contributed by atoms with Gasteiger partial charge in [-0.25, -0.2) is 0 Å². The Bertz CT molecular complexity index is 689. The van der Waals surface area contributed by atoms with Gasteiger partial charge in [0, 0.05) is 35.5 Å². The molecule has 0 aliphatic carbocycles. The quantitative estimate of drug-likeness (QED) is 0.720. The molecule has 2 nitrogen and oxygen atoms in total. The lowest BCUT2D eigenvalue weighted by Gasteiger charge is -2.06. The number of hydrogen-bond acceptors (Lipinski definition) is 2. The van der Waals surface area contributed by atoms with Crippen molar-refractivity contribution in [3.63, 3.8) is 0 Å². The first-order valence-electron chi connectivity index (χ1n) is 6.82. The number of hydrogen-bond donors (Lipinski definition) is 1. The van der Waals surface area contributed by atoms with E-state index in [2.05, 4.69) is 65.4 Å². The minimum atomic E-state index is 0.597. The van der Waals surface area contributed by atoms with Gasteiger partial charge in [0.15, 0.2) is 0 Å². The van der Waals surface area contributed by atoms with E-state index in [1.807, 2.05) is 11.8 Å².